The van der Waals surface area contributed by atoms with E-state index in [-0.39, 0.29) is 22.4 Å². The summed E-state index contributed by atoms with van der Waals surface area (Å²) in [7, 11) is 0. The van der Waals surface area contributed by atoms with E-state index < -0.39 is 33.9 Å². The number of carbonyl (C=O) groups is 2. The quantitative estimate of drug-likeness (QED) is 0.225. The normalized spacial score (nSPS) is 10.7. The van der Waals surface area contributed by atoms with Gasteiger partial charge in [0.15, 0.2) is 0 Å². The van der Waals surface area contributed by atoms with Crippen LogP contribution in [-0.2, 0) is 11.0 Å². The average Bonchev–Trinajstić information content (AvgIpc) is 2.82. The molecule has 3 aromatic rings. The molecule has 0 aromatic heterocycles. The van der Waals surface area contributed by atoms with E-state index in [0.717, 1.165) is 30.3 Å². The first kappa shape index (κ1) is 29.7. The summed E-state index contributed by atoms with van der Waals surface area (Å²) in [6.07, 6.45) is -4.13. The zero-order chi connectivity index (χ0) is 27.9. The molecule has 196 valence electrons. The molecule has 1 amide bonds. The van der Waals surface area contributed by atoms with Crippen LogP contribution in [0.2, 0.25) is 15.1 Å². The van der Waals surface area contributed by atoms with Gasteiger partial charge in [-0.05, 0) is 42.5 Å². The third kappa shape index (κ3) is 8.52. The third-order valence-corrected chi connectivity index (χ3v) is 5.44. The number of amides is 1. The minimum atomic E-state index is -4.58. The average molecular weight is 580 g/mol. The Hall–Kier alpha value is -3.54. The van der Waals surface area contributed by atoms with Crippen molar-refractivity contribution >= 4 is 58.1 Å². The number of aromatic carboxylic acids is 1. The van der Waals surface area contributed by atoms with Crippen LogP contribution < -0.4 is 10.1 Å². The number of rotatable bonds is 6. The molecule has 0 saturated carbocycles. The summed E-state index contributed by atoms with van der Waals surface area (Å²) in [6, 6.07) is 10.2. The molecule has 3 rings (SSSR count). The Bertz CT molecular complexity index is 1340. The Morgan fingerprint density at radius 2 is 1.68 bits per heavy atom. The first-order chi connectivity index (χ1) is 17.2. The number of ether oxygens (including phenoxy) is 1. The van der Waals surface area contributed by atoms with Gasteiger partial charge in [-0.1, -0.05) is 41.7 Å². The summed E-state index contributed by atoms with van der Waals surface area (Å²) in [4.78, 5) is 31.9. The molecule has 0 atom stereocenters. The molecular weight excluding hydrogens is 564 g/mol. The van der Waals surface area contributed by atoms with Crippen molar-refractivity contribution < 1.29 is 37.5 Å². The number of benzene rings is 3. The molecule has 0 spiro atoms. The fraction of sp³-hybridized carbons (Fsp3) is 0.130. The lowest BCUT2D eigenvalue weighted by atomic mass is 10.1. The van der Waals surface area contributed by atoms with Gasteiger partial charge in [-0.2, -0.15) is 13.2 Å². The maximum absolute atomic E-state index is 12.6. The molecule has 0 unspecified atom stereocenters. The van der Waals surface area contributed by atoms with Crippen LogP contribution in [0, 0.1) is 10.1 Å². The molecule has 37 heavy (non-hydrogen) atoms. The van der Waals surface area contributed by atoms with E-state index in [1.807, 2.05) is 0 Å². The Morgan fingerprint density at radius 3 is 2.19 bits per heavy atom. The number of carboxylic acid groups (broad SMARTS) is 1. The number of anilines is 1. The van der Waals surface area contributed by atoms with E-state index in [2.05, 4.69) is 5.32 Å². The van der Waals surface area contributed by atoms with Gasteiger partial charge in [0.25, 0.3) is 5.69 Å². The molecule has 0 bridgehead atoms. The van der Waals surface area contributed by atoms with Gasteiger partial charge in [0, 0.05) is 24.2 Å². The number of carbonyl (C=O) groups excluding carboxylic acids is 1. The summed E-state index contributed by atoms with van der Waals surface area (Å²) in [5.74, 6) is -1.88. The van der Waals surface area contributed by atoms with Crippen molar-refractivity contribution in [3.63, 3.8) is 0 Å². The predicted octanol–water partition coefficient (Wildman–Crippen LogP) is 8.10. The summed E-state index contributed by atoms with van der Waals surface area (Å²) < 4.78 is 42.9. The minimum absolute atomic E-state index is 0.0432. The molecular formula is C23H16Cl3F3N2O6. The van der Waals surface area contributed by atoms with Crippen molar-refractivity contribution in [2.45, 2.75) is 19.5 Å². The molecule has 0 aliphatic carbocycles. The monoisotopic (exact) mass is 578 g/mol. The molecule has 0 fully saturated rings. The van der Waals surface area contributed by atoms with Gasteiger partial charge in [0.05, 0.1) is 25.6 Å². The van der Waals surface area contributed by atoms with Crippen LogP contribution in [0.5, 0.6) is 11.5 Å². The molecule has 0 saturated heterocycles. The second kappa shape index (κ2) is 12.6. The van der Waals surface area contributed by atoms with Crippen LogP contribution in [0.25, 0.3) is 0 Å². The highest BCUT2D eigenvalue weighted by molar-refractivity contribution is 6.42. The van der Waals surface area contributed by atoms with Crippen molar-refractivity contribution in [1.82, 2.24) is 0 Å². The molecule has 0 aliphatic heterocycles. The molecule has 14 heteroatoms. The smallest absolute Gasteiger partial charge is 0.416 e. The zero-order valence-corrected chi connectivity index (χ0v) is 20.9. The second-order valence-corrected chi connectivity index (χ2v) is 8.24. The van der Waals surface area contributed by atoms with Crippen LogP contribution in [0.1, 0.15) is 29.3 Å². The van der Waals surface area contributed by atoms with Crippen molar-refractivity contribution in [3.8, 4) is 11.5 Å². The number of nitrogens with one attached hydrogen (secondary N) is 1. The van der Waals surface area contributed by atoms with Crippen LogP contribution in [0.15, 0.2) is 54.6 Å². The Balaban J connectivity index is 0.000000312. The molecule has 2 N–H and O–H groups in total. The highest BCUT2D eigenvalue weighted by Crippen LogP contribution is 2.37. The SMILES string of the molecule is CCC(=O)Nc1ccc(Cl)c(Cl)c1.O=C(O)c1cc(Oc2ccc(C(F)(F)F)cc2Cl)ccc1[N+](=O)[O-]. The summed E-state index contributed by atoms with van der Waals surface area (Å²) in [5, 5.41) is 23.0. The van der Waals surface area contributed by atoms with Gasteiger partial charge in [-0.3, -0.25) is 14.9 Å². The van der Waals surface area contributed by atoms with Crippen molar-refractivity contribution in [1.29, 1.82) is 0 Å². The van der Waals surface area contributed by atoms with Crippen molar-refractivity contribution in [3.05, 3.63) is 90.9 Å². The number of hydrogen-bond acceptors (Lipinski definition) is 5. The standard InChI is InChI=1S/C14H7ClF3NO5.C9H9Cl2NO/c15-10-5-7(14(16,17)18)1-4-12(10)24-8-2-3-11(19(22)23)9(6-8)13(20)21;1-2-9(13)12-6-3-4-7(10)8(11)5-6/h1-6H,(H,20,21);3-5H,2H2,1H3,(H,12,13). The van der Waals surface area contributed by atoms with Crippen LogP contribution in [-0.4, -0.2) is 21.9 Å². The van der Waals surface area contributed by atoms with E-state index in [0.29, 0.717) is 28.2 Å². The number of alkyl halides is 3. The van der Waals surface area contributed by atoms with Crippen LogP contribution >= 0.6 is 34.8 Å². The lowest BCUT2D eigenvalue weighted by Crippen LogP contribution is -2.09. The van der Waals surface area contributed by atoms with Gasteiger partial charge < -0.3 is 15.2 Å². The fourth-order valence-electron chi connectivity index (χ4n) is 2.62. The highest BCUT2D eigenvalue weighted by atomic mass is 35.5. The van der Waals surface area contributed by atoms with Gasteiger partial charge in [0.1, 0.15) is 17.1 Å². The lowest BCUT2D eigenvalue weighted by Gasteiger charge is -2.11. The topological polar surface area (TPSA) is 119 Å². The summed E-state index contributed by atoms with van der Waals surface area (Å²) in [6.45, 7) is 1.78. The fourth-order valence-corrected chi connectivity index (χ4v) is 3.14. The van der Waals surface area contributed by atoms with E-state index in [4.69, 9.17) is 44.6 Å². The molecule has 3 aromatic carbocycles. The van der Waals surface area contributed by atoms with Crippen LogP contribution in [0.4, 0.5) is 24.5 Å². The Labute approximate surface area is 222 Å². The summed E-state index contributed by atoms with van der Waals surface area (Å²) in [5.41, 5.74) is -1.58. The number of halogens is 6. The summed E-state index contributed by atoms with van der Waals surface area (Å²) >= 11 is 17.2. The van der Waals surface area contributed by atoms with Gasteiger partial charge in [-0.15, -0.1) is 0 Å². The second-order valence-electron chi connectivity index (χ2n) is 7.02. The maximum atomic E-state index is 12.6. The van der Waals surface area contributed by atoms with E-state index in [1.165, 1.54) is 0 Å². The van der Waals surface area contributed by atoms with Gasteiger partial charge in [-0.25, -0.2) is 4.79 Å². The lowest BCUT2D eigenvalue weighted by molar-refractivity contribution is -0.385. The highest BCUT2D eigenvalue weighted by Gasteiger charge is 2.31. The number of nitrogens with zero attached hydrogens (tertiary/aromatic N) is 1. The largest absolute Gasteiger partial charge is 0.477 e. The molecule has 0 heterocycles. The number of nitro groups is 1. The Morgan fingerprint density at radius 1 is 1.00 bits per heavy atom. The number of nitro benzene ring substituents is 1. The van der Waals surface area contributed by atoms with Crippen molar-refractivity contribution in [2.75, 3.05) is 5.32 Å². The van der Waals surface area contributed by atoms with Crippen LogP contribution in [0.3, 0.4) is 0 Å². The first-order valence-corrected chi connectivity index (χ1v) is 11.2. The number of carboxylic acids is 1. The van der Waals surface area contributed by atoms with E-state index in [9.17, 15) is 32.9 Å². The minimum Gasteiger partial charge on any atom is -0.477 e. The van der Waals surface area contributed by atoms with Gasteiger partial charge >= 0.3 is 12.1 Å². The van der Waals surface area contributed by atoms with E-state index in [1.54, 1.807) is 25.1 Å². The Kier molecular flexibility index (Phi) is 10.1. The zero-order valence-electron chi connectivity index (χ0n) is 18.6. The molecule has 0 aliphatic rings. The predicted molar refractivity (Wildman–Crippen MR) is 132 cm³/mol. The molecule has 8 nitrogen and oxygen atoms in total. The van der Waals surface area contributed by atoms with Gasteiger partial charge in [0.2, 0.25) is 5.91 Å². The third-order valence-electron chi connectivity index (χ3n) is 4.41. The maximum Gasteiger partial charge on any atom is 0.416 e. The number of hydrogen-bond donors (Lipinski definition) is 2. The van der Waals surface area contributed by atoms with E-state index >= 15 is 0 Å². The van der Waals surface area contributed by atoms with Crippen molar-refractivity contribution in [2.24, 2.45) is 0 Å². The molecule has 0 radical (unpaired) electrons. The first-order valence-electron chi connectivity index (χ1n) is 10.0.